The molecule has 0 fully saturated rings. The molecule has 0 radical (unpaired) electrons. The second-order valence-electron chi connectivity index (χ2n) is 13.7. The SMILES string of the molecule is c1ccc(-c2nc(-c3ccccc3)n(Cc3cc4c5ccccc5n5c6ccccc6c(c3-c3ccc(-c6cccc7cccnc67)cc3)c45)n2)cc1. The van der Waals surface area contributed by atoms with E-state index in [-0.39, 0.29) is 0 Å². The molecule has 0 bridgehead atoms. The summed E-state index contributed by atoms with van der Waals surface area (Å²) in [4.78, 5) is 9.90. The summed E-state index contributed by atoms with van der Waals surface area (Å²) in [5, 5.41) is 11.3. The van der Waals surface area contributed by atoms with Crippen LogP contribution in [-0.2, 0) is 6.54 Å². The van der Waals surface area contributed by atoms with Gasteiger partial charge in [-0.05, 0) is 46.5 Å². The van der Waals surface area contributed by atoms with Crippen molar-refractivity contribution in [2.24, 2.45) is 0 Å². The van der Waals surface area contributed by atoms with Gasteiger partial charge in [0.2, 0.25) is 0 Å². The molecule has 5 nitrogen and oxygen atoms in total. The van der Waals surface area contributed by atoms with Crippen LogP contribution in [0.15, 0.2) is 176 Å². The fourth-order valence-electron chi connectivity index (χ4n) is 8.31. The Bertz CT molecular complexity index is 3120. The lowest BCUT2D eigenvalue weighted by molar-refractivity contribution is 0.697. The van der Waals surface area contributed by atoms with Crippen LogP contribution >= 0.6 is 0 Å². The molecule has 0 saturated carbocycles. The Labute approximate surface area is 305 Å². The Kier molecular flexibility index (Phi) is 6.55. The van der Waals surface area contributed by atoms with E-state index in [4.69, 9.17) is 15.1 Å². The average molecular weight is 678 g/mol. The third kappa shape index (κ3) is 4.61. The lowest BCUT2D eigenvalue weighted by Crippen LogP contribution is -2.06. The molecule has 4 aromatic heterocycles. The highest BCUT2D eigenvalue weighted by molar-refractivity contribution is 6.27. The number of fused-ring (bicyclic) bond motifs is 7. The van der Waals surface area contributed by atoms with E-state index in [9.17, 15) is 0 Å². The maximum Gasteiger partial charge on any atom is 0.181 e. The Morgan fingerprint density at radius 2 is 1.17 bits per heavy atom. The third-order valence-electron chi connectivity index (χ3n) is 10.6. The van der Waals surface area contributed by atoms with Crippen molar-refractivity contribution < 1.29 is 0 Å². The lowest BCUT2D eigenvalue weighted by Gasteiger charge is -2.15. The van der Waals surface area contributed by atoms with E-state index < -0.39 is 0 Å². The number of rotatable bonds is 6. The number of aromatic nitrogens is 5. The van der Waals surface area contributed by atoms with Crippen LogP contribution in [0.1, 0.15) is 5.56 Å². The molecule has 0 amide bonds. The molecule has 53 heavy (non-hydrogen) atoms. The van der Waals surface area contributed by atoms with Crippen LogP contribution in [0.25, 0.3) is 94.0 Å². The summed E-state index contributed by atoms with van der Waals surface area (Å²) in [7, 11) is 0. The number of hydrogen-bond acceptors (Lipinski definition) is 3. The normalized spacial score (nSPS) is 11.8. The van der Waals surface area contributed by atoms with E-state index in [2.05, 4.69) is 149 Å². The summed E-state index contributed by atoms with van der Waals surface area (Å²) >= 11 is 0. The van der Waals surface area contributed by atoms with Crippen LogP contribution in [0.5, 0.6) is 0 Å². The van der Waals surface area contributed by atoms with Crippen LogP contribution in [0.2, 0.25) is 0 Å². The smallest absolute Gasteiger partial charge is 0.181 e. The maximum atomic E-state index is 5.21. The molecule has 0 atom stereocenters. The summed E-state index contributed by atoms with van der Waals surface area (Å²) < 4.78 is 4.54. The summed E-state index contributed by atoms with van der Waals surface area (Å²) in [6.07, 6.45) is 1.87. The minimum Gasteiger partial charge on any atom is -0.308 e. The summed E-state index contributed by atoms with van der Waals surface area (Å²) in [5.74, 6) is 1.56. The van der Waals surface area contributed by atoms with Gasteiger partial charge in [0, 0.05) is 49.8 Å². The van der Waals surface area contributed by atoms with Crippen molar-refractivity contribution in [2.45, 2.75) is 6.54 Å². The van der Waals surface area contributed by atoms with Crippen LogP contribution in [-0.4, -0.2) is 24.1 Å². The zero-order valence-electron chi connectivity index (χ0n) is 28.7. The highest BCUT2D eigenvalue weighted by atomic mass is 15.3. The molecule has 0 saturated heterocycles. The standard InChI is InChI=1S/C48H31N5/c1-3-13-34(14-4-1)47-50-48(35-15-5-2-6-16-35)52(51-47)30-36-29-40-38-19-7-9-22-41(38)53-42-23-10-8-20-39(42)44(46(40)53)43(36)32-26-24-31(25-27-32)37-21-11-17-33-18-12-28-49-45(33)37/h1-29H,30H2. The molecule has 7 aromatic carbocycles. The zero-order valence-corrected chi connectivity index (χ0v) is 28.7. The van der Waals surface area contributed by atoms with Crippen molar-refractivity contribution in [1.82, 2.24) is 24.1 Å². The monoisotopic (exact) mass is 677 g/mol. The van der Waals surface area contributed by atoms with Crippen LogP contribution in [0.4, 0.5) is 0 Å². The van der Waals surface area contributed by atoms with E-state index in [1.165, 1.54) is 49.2 Å². The number of nitrogens with zero attached hydrogens (tertiary/aromatic N) is 5. The second-order valence-corrected chi connectivity index (χ2v) is 13.7. The van der Waals surface area contributed by atoms with E-state index in [1.54, 1.807) is 0 Å². The summed E-state index contributed by atoms with van der Waals surface area (Å²) in [5.41, 5.74) is 12.5. The summed E-state index contributed by atoms with van der Waals surface area (Å²) in [6, 6.07) is 60.2. The van der Waals surface area contributed by atoms with E-state index >= 15 is 0 Å². The highest BCUT2D eigenvalue weighted by Gasteiger charge is 2.24. The van der Waals surface area contributed by atoms with Gasteiger partial charge in [-0.25, -0.2) is 9.67 Å². The minimum atomic E-state index is 0.541. The molecule has 248 valence electrons. The maximum absolute atomic E-state index is 5.21. The van der Waals surface area contributed by atoms with Gasteiger partial charge in [0.1, 0.15) is 0 Å². The fourth-order valence-corrected chi connectivity index (χ4v) is 8.31. The minimum absolute atomic E-state index is 0.541. The first kappa shape index (κ1) is 29.6. The quantitative estimate of drug-likeness (QED) is 0.176. The van der Waals surface area contributed by atoms with Crippen molar-refractivity contribution in [3.8, 4) is 45.0 Å². The van der Waals surface area contributed by atoms with Crippen molar-refractivity contribution in [1.29, 1.82) is 0 Å². The molecule has 0 spiro atoms. The van der Waals surface area contributed by atoms with Gasteiger partial charge < -0.3 is 4.40 Å². The number of pyridine rings is 1. The van der Waals surface area contributed by atoms with Crippen LogP contribution in [0, 0.1) is 0 Å². The molecule has 0 aliphatic carbocycles. The predicted octanol–water partition coefficient (Wildman–Crippen LogP) is 11.7. The van der Waals surface area contributed by atoms with Crippen molar-refractivity contribution in [2.75, 3.05) is 0 Å². The first-order valence-corrected chi connectivity index (χ1v) is 18.0. The Morgan fingerprint density at radius 1 is 0.509 bits per heavy atom. The molecular weight excluding hydrogens is 647 g/mol. The molecular formula is C48H31N5. The average Bonchev–Trinajstić information content (AvgIpc) is 3.91. The number of hydrogen-bond donors (Lipinski definition) is 0. The molecule has 5 heteroatoms. The predicted molar refractivity (Wildman–Crippen MR) is 217 cm³/mol. The van der Waals surface area contributed by atoms with Gasteiger partial charge in [0.15, 0.2) is 11.6 Å². The largest absolute Gasteiger partial charge is 0.308 e. The van der Waals surface area contributed by atoms with Gasteiger partial charge in [-0.1, -0.05) is 146 Å². The molecule has 4 heterocycles. The first-order valence-electron chi connectivity index (χ1n) is 18.0. The molecule has 0 N–H and O–H groups in total. The molecule has 11 aromatic rings. The number of para-hydroxylation sites is 3. The van der Waals surface area contributed by atoms with Crippen molar-refractivity contribution in [3.63, 3.8) is 0 Å². The van der Waals surface area contributed by atoms with Crippen molar-refractivity contribution >= 4 is 49.0 Å². The van der Waals surface area contributed by atoms with Gasteiger partial charge in [-0.15, -0.1) is 0 Å². The Morgan fingerprint density at radius 3 is 1.96 bits per heavy atom. The highest BCUT2D eigenvalue weighted by Crippen LogP contribution is 2.46. The van der Waals surface area contributed by atoms with Crippen LogP contribution < -0.4 is 0 Å². The van der Waals surface area contributed by atoms with E-state index in [0.717, 1.165) is 44.5 Å². The molecule has 0 aliphatic rings. The third-order valence-corrected chi connectivity index (χ3v) is 10.6. The lowest BCUT2D eigenvalue weighted by atomic mass is 9.91. The Balaban J connectivity index is 1.18. The van der Waals surface area contributed by atoms with Gasteiger partial charge in [0.05, 0.1) is 28.6 Å². The van der Waals surface area contributed by atoms with Gasteiger partial charge in [0.25, 0.3) is 0 Å². The topological polar surface area (TPSA) is 48.0 Å². The molecule has 11 rings (SSSR count). The fraction of sp³-hybridized carbons (Fsp3) is 0.0208. The van der Waals surface area contributed by atoms with Gasteiger partial charge in [-0.3, -0.25) is 4.98 Å². The summed E-state index contributed by atoms with van der Waals surface area (Å²) in [6.45, 7) is 0.541. The Hall–Kier alpha value is -7.11. The van der Waals surface area contributed by atoms with Gasteiger partial charge in [-0.2, -0.15) is 5.10 Å². The van der Waals surface area contributed by atoms with E-state index in [1.807, 2.05) is 36.5 Å². The van der Waals surface area contributed by atoms with E-state index in [0.29, 0.717) is 12.4 Å². The van der Waals surface area contributed by atoms with Gasteiger partial charge >= 0.3 is 0 Å². The second kappa shape index (κ2) is 11.7. The molecule has 0 unspecified atom stereocenters. The number of benzene rings is 7. The van der Waals surface area contributed by atoms with Crippen molar-refractivity contribution in [3.05, 3.63) is 182 Å². The zero-order chi connectivity index (χ0) is 34.9. The molecule has 0 aliphatic heterocycles. The first-order chi connectivity index (χ1) is 26.3. The van der Waals surface area contributed by atoms with Crippen LogP contribution in [0.3, 0.4) is 0 Å².